The van der Waals surface area contributed by atoms with Crippen LogP contribution in [0.3, 0.4) is 0 Å². The number of pyridine rings is 2. The second-order valence-electron chi connectivity index (χ2n) is 6.78. The highest BCUT2D eigenvalue weighted by atomic mass is 19.1. The Morgan fingerprint density at radius 2 is 1.90 bits per heavy atom. The number of benzene rings is 1. The summed E-state index contributed by atoms with van der Waals surface area (Å²) in [6.07, 6.45) is 9.14. The number of halogens is 1. The summed E-state index contributed by atoms with van der Waals surface area (Å²) < 4.78 is 16.9. The van der Waals surface area contributed by atoms with E-state index in [0.717, 1.165) is 16.6 Å². The van der Waals surface area contributed by atoms with Crippen molar-refractivity contribution in [2.75, 3.05) is 0 Å². The Balaban J connectivity index is 1.66. The minimum Gasteiger partial charge on any atom is -0.306 e. The Kier molecular flexibility index (Phi) is 4.20. The molecular weight excluding hydrogens is 367 g/mol. The quantitative estimate of drug-likeness (QED) is 0.454. The number of nitrogens with zero attached hydrogens (tertiary/aromatic N) is 6. The highest BCUT2D eigenvalue weighted by Gasteiger charge is 2.21. The van der Waals surface area contributed by atoms with Crippen molar-refractivity contribution >= 4 is 22.2 Å². The van der Waals surface area contributed by atoms with Gasteiger partial charge in [0.15, 0.2) is 11.3 Å². The summed E-state index contributed by atoms with van der Waals surface area (Å²) in [7, 11) is 0. The SMILES string of the molecule is CCC(c1cc2cccnc2cc1F)n1cnc2ncc(-c3ccncc3)nc21. The fraction of sp³-hybridized carbons (Fsp3) is 0.136. The van der Waals surface area contributed by atoms with Crippen molar-refractivity contribution in [3.63, 3.8) is 0 Å². The van der Waals surface area contributed by atoms with Crippen LogP contribution in [0, 0.1) is 5.82 Å². The first-order valence-corrected chi connectivity index (χ1v) is 9.38. The zero-order valence-corrected chi connectivity index (χ0v) is 15.7. The number of rotatable bonds is 4. The maximum Gasteiger partial charge on any atom is 0.197 e. The van der Waals surface area contributed by atoms with Crippen LogP contribution in [-0.2, 0) is 0 Å². The number of aromatic nitrogens is 6. The van der Waals surface area contributed by atoms with Gasteiger partial charge in [0, 0.05) is 41.2 Å². The van der Waals surface area contributed by atoms with E-state index in [1.165, 1.54) is 6.07 Å². The summed E-state index contributed by atoms with van der Waals surface area (Å²) in [4.78, 5) is 21.9. The first-order chi connectivity index (χ1) is 14.2. The Morgan fingerprint density at radius 1 is 1.03 bits per heavy atom. The molecule has 0 saturated carbocycles. The lowest BCUT2D eigenvalue weighted by atomic mass is 10.0. The van der Waals surface area contributed by atoms with Crippen LogP contribution in [0.1, 0.15) is 24.9 Å². The normalized spacial score (nSPS) is 12.5. The van der Waals surface area contributed by atoms with Crippen LogP contribution < -0.4 is 0 Å². The summed E-state index contributed by atoms with van der Waals surface area (Å²) in [5.41, 5.74) is 4.01. The van der Waals surface area contributed by atoms with Crippen molar-refractivity contribution in [1.29, 1.82) is 0 Å². The third kappa shape index (κ3) is 3.00. The molecule has 0 N–H and O–H groups in total. The topological polar surface area (TPSA) is 69.4 Å². The maximum atomic E-state index is 15.0. The average molecular weight is 384 g/mol. The second-order valence-corrected chi connectivity index (χ2v) is 6.78. The molecule has 0 amide bonds. The molecule has 142 valence electrons. The Hall–Kier alpha value is -3.74. The number of imidazole rings is 1. The van der Waals surface area contributed by atoms with Gasteiger partial charge in [0.1, 0.15) is 5.82 Å². The van der Waals surface area contributed by atoms with Crippen LogP contribution in [-0.4, -0.2) is 29.5 Å². The molecule has 0 radical (unpaired) electrons. The smallest absolute Gasteiger partial charge is 0.197 e. The molecule has 0 saturated heterocycles. The van der Waals surface area contributed by atoms with E-state index in [4.69, 9.17) is 4.98 Å². The first kappa shape index (κ1) is 17.4. The van der Waals surface area contributed by atoms with Gasteiger partial charge >= 0.3 is 0 Å². The second kappa shape index (κ2) is 7.01. The molecule has 1 aromatic carbocycles. The van der Waals surface area contributed by atoms with E-state index >= 15 is 0 Å². The van der Waals surface area contributed by atoms with Crippen LogP contribution in [0.15, 0.2) is 67.5 Å². The molecule has 0 aliphatic carbocycles. The van der Waals surface area contributed by atoms with Gasteiger partial charge in [-0.3, -0.25) is 9.97 Å². The van der Waals surface area contributed by atoms with Gasteiger partial charge in [-0.1, -0.05) is 13.0 Å². The van der Waals surface area contributed by atoms with Gasteiger partial charge in [-0.15, -0.1) is 0 Å². The van der Waals surface area contributed by atoms with Gasteiger partial charge in [-0.05, 0) is 30.7 Å². The van der Waals surface area contributed by atoms with Gasteiger partial charge in [-0.25, -0.2) is 19.3 Å². The molecule has 0 fully saturated rings. The molecule has 0 spiro atoms. The Bertz CT molecular complexity index is 1320. The van der Waals surface area contributed by atoms with Crippen molar-refractivity contribution in [3.8, 4) is 11.3 Å². The molecule has 4 heterocycles. The van der Waals surface area contributed by atoms with Crippen LogP contribution in [0.25, 0.3) is 33.5 Å². The van der Waals surface area contributed by atoms with E-state index in [9.17, 15) is 4.39 Å². The highest BCUT2D eigenvalue weighted by Crippen LogP contribution is 2.30. The average Bonchev–Trinajstić information content (AvgIpc) is 3.18. The van der Waals surface area contributed by atoms with E-state index < -0.39 is 0 Å². The molecule has 4 aromatic heterocycles. The van der Waals surface area contributed by atoms with Crippen LogP contribution in [0.2, 0.25) is 0 Å². The van der Waals surface area contributed by atoms with E-state index in [2.05, 4.69) is 19.9 Å². The summed E-state index contributed by atoms with van der Waals surface area (Å²) in [5, 5.41) is 0.898. The number of fused-ring (bicyclic) bond motifs is 2. The molecule has 6 nitrogen and oxygen atoms in total. The minimum atomic E-state index is -0.289. The maximum absolute atomic E-state index is 15.0. The van der Waals surface area contributed by atoms with Gasteiger partial charge in [-0.2, -0.15) is 0 Å². The fourth-order valence-electron chi connectivity index (χ4n) is 3.63. The van der Waals surface area contributed by atoms with Crippen LogP contribution in [0.4, 0.5) is 4.39 Å². The standard InChI is InChI=1S/C22H17FN6/c1-2-20(16-10-15-4-3-7-25-18(15)11-17(16)23)29-13-27-21-22(29)28-19(12-26-21)14-5-8-24-9-6-14/h3-13,20H,2H2,1H3. The third-order valence-electron chi connectivity index (χ3n) is 5.06. The van der Waals surface area contributed by atoms with Crippen molar-refractivity contribution < 1.29 is 4.39 Å². The number of hydrogen-bond donors (Lipinski definition) is 0. The highest BCUT2D eigenvalue weighted by molar-refractivity contribution is 5.79. The van der Waals surface area contributed by atoms with E-state index in [-0.39, 0.29) is 11.9 Å². The Labute approximate surface area is 166 Å². The van der Waals surface area contributed by atoms with E-state index in [1.807, 2.05) is 41.8 Å². The van der Waals surface area contributed by atoms with Crippen molar-refractivity contribution in [3.05, 3.63) is 78.9 Å². The third-order valence-corrected chi connectivity index (χ3v) is 5.06. The minimum absolute atomic E-state index is 0.258. The van der Waals surface area contributed by atoms with E-state index in [0.29, 0.717) is 28.8 Å². The van der Waals surface area contributed by atoms with Gasteiger partial charge < -0.3 is 4.57 Å². The molecule has 0 bridgehead atoms. The molecule has 0 aliphatic heterocycles. The lowest BCUT2D eigenvalue weighted by Crippen LogP contribution is -2.11. The van der Waals surface area contributed by atoms with Crippen LogP contribution >= 0.6 is 0 Å². The lowest BCUT2D eigenvalue weighted by Gasteiger charge is -2.19. The molecule has 7 heteroatoms. The van der Waals surface area contributed by atoms with E-state index in [1.54, 1.807) is 31.1 Å². The van der Waals surface area contributed by atoms with Gasteiger partial charge in [0.05, 0.1) is 29.8 Å². The largest absolute Gasteiger partial charge is 0.306 e. The van der Waals surface area contributed by atoms with Crippen molar-refractivity contribution in [2.24, 2.45) is 0 Å². The zero-order chi connectivity index (χ0) is 19.8. The summed E-state index contributed by atoms with van der Waals surface area (Å²) in [5.74, 6) is -0.289. The Morgan fingerprint density at radius 3 is 2.72 bits per heavy atom. The summed E-state index contributed by atoms with van der Waals surface area (Å²) in [6, 6.07) is 10.6. The predicted octanol–water partition coefficient (Wildman–Crippen LogP) is 4.58. The molecule has 1 unspecified atom stereocenters. The molecule has 0 aliphatic rings. The summed E-state index contributed by atoms with van der Waals surface area (Å²) >= 11 is 0. The van der Waals surface area contributed by atoms with Crippen LogP contribution in [0.5, 0.6) is 0 Å². The number of hydrogen-bond acceptors (Lipinski definition) is 5. The molecule has 5 rings (SSSR count). The van der Waals surface area contributed by atoms with Gasteiger partial charge in [0.2, 0.25) is 0 Å². The summed E-state index contributed by atoms with van der Waals surface area (Å²) in [6.45, 7) is 2.02. The molecular formula is C22H17FN6. The lowest BCUT2D eigenvalue weighted by molar-refractivity contribution is 0.527. The van der Waals surface area contributed by atoms with Crippen molar-refractivity contribution in [2.45, 2.75) is 19.4 Å². The monoisotopic (exact) mass is 384 g/mol. The van der Waals surface area contributed by atoms with Gasteiger partial charge in [0.25, 0.3) is 0 Å². The molecule has 5 aromatic rings. The van der Waals surface area contributed by atoms with Crippen molar-refractivity contribution in [1.82, 2.24) is 29.5 Å². The fourth-order valence-corrected chi connectivity index (χ4v) is 3.63. The molecule has 1 atom stereocenters. The zero-order valence-electron chi connectivity index (χ0n) is 15.7. The molecule has 29 heavy (non-hydrogen) atoms. The first-order valence-electron chi connectivity index (χ1n) is 9.38. The predicted molar refractivity (Wildman–Crippen MR) is 109 cm³/mol.